The van der Waals surface area contributed by atoms with E-state index < -0.39 is 11.2 Å². The molecule has 0 fully saturated rings. The molecule has 3 aromatic rings. The molecule has 0 saturated carbocycles. The number of phenolic OH excluding ortho intramolecular Hbond substituents is 1. The first-order valence-electron chi connectivity index (χ1n) is 10.7. The third-order valence-corrected chi connectivity index (χ3v) is 6.86. The SMILES string of the molecule is CCCCn1c(O)c(C2=Nc3ccccc3S[C@H](c3ccc(OC)c(O)c3)C2)c(=O)[nH]c1=O. The standard InChI is InChI=1S/C24H25N3O5S/c1-3-4-11-27-23(30)21(22(29)26-24(27)31)16-13-20(14-9-10-18(32-2)17(28)12-14)33-19-8-6-5-7-15(19)25-16/h5-10,12,20,28,30H,3-4,11,13H2,1-2H3,(H,26,29,31)/t20-/m0/s1. The number of phenols is 1. The minimum atomic E-state index is -0.676. The molecule has 0 aliphatic carbocycles. The molecule has 3 N–H and O–H groups in total. The molecule has 0 amide bonds. The second kappa shape index (κ2) is 9.58. The van der Waals surface area contributed by atoms with Gasteiger partial charge in [-0.25, -0.2) is 4.79 Å². The summed E-state index contributed by atoms with van der Waals surface area (Å²) in [4.78, 5) is 33.1. The highest BCUT2D eigenvalue weighted by Gasteiger charge is 2.27. The van der Waals surface area contributed by atoms with Crippen LogP contribution in [0, 0.1) is 0 Å². The lowest BCUT2D eigenvalue weighted by Crippen LogP contribution is -2.34. The van der Waals surface area contributed by atoms with Crippen molar-refractivity contribution >= 4 is 23.2 Å². The number of ether oxygens (including phenoxy) is 1. The van der Waals surface area contributed by atoms with E-state index in [1.807, 2.05) is 37.3 Å². The Balaban J connectivity index is 1.86. The molecule has 0 radical (unpaired) electrons. The Morgan fingerprint density at radius 2 is 2.00 bits per heavy atom. The molecule has 9 heteroatoms. The maximum Gasteiger partial charge on any atom is 0.331 e. The van der Waals surface area contributed by atoms with Gasteiger partial charge in [0.25, 0.3) is 5.56 Å². The number of aliphatic imine (C=N–C) groups is 1. The second-order valence-corrected chi connectivity index (χ2v) is 8.98. The molecule has 4 rings (SSSR count). The van der Waals surface area contributed by atoms with Gasteiger partial charge in [0.05, 0.1) is 18.5 Å². The highest BCUT2D eigenvalue weighted by atomic mass is 32.2. The third-order valence-electron chi connectivity index (χ3n) is 5.54. The van der Waals surface area contributed by atoms with Gasteiger partial charge in [-0.05, 0) is 36.2 Å². The lowest BCUT2D eigenvalue weighted by atomic mass is 10.0. The van der Waals surface area contributed by atoms with E-state index in [2.05, 4.69) is 4.98 Å². The molecule has 8 nitrogen and oxygen atoms in total. The normalized spacial score (nSPS) is 15.5. The summed E-state index contributed by atoms with van der Waals surface area (Å²) in [5.74, 6) is 0.000780. The molecule has 33 heavy (non-hydrogen) atoms. The van der Waals surface area contributed by atoms with Crippen molar-refractivity contribution in [3.63, 3.8) is 0 Å². The number of nitrogens with one attached hydrogen (secondary N) is 1. The van der Waals surface area contributed by atoms with E-state index in [0.717, 1.165) is 16.9 Å². The van der Waals surface area contributed by atoms with Gasteiger partial charge in [0.2, 0.25) is 5.88 Å². The maximum atomic E-state index is 12.8. The number of unbranched alkanes of at least 4 members (excludes halogenated alkanes) is 1. The van der Waals surface area contributed by atoms with Crippen molar-refractivity contribution < 1.29 is 14.9 Å². The number of hydrogen-bond donors (Lipinski definition) is 3. The Hall–Kier alpha value is -3.46. The Morgan fingerprint density at radius 3 is 2.73 bits per heavy atom. The highest BCUT2D eigenvalue weighted by molar-refractivity contribution is 7.99. The van der Waals surface area contributed by atoms with Gasteiger partial charge < -0.3 is 14.9 Å². The van der Waals surface area contributed by atoms with Crippen LogP contribution >= 0.6 is 11.8 Å². The molecule has 0 unspecified atom stereocenters. The monoisotopic (exact) mass is 467 g/mol. The van der Waals surface area contributed by atoms with Gasteiger partial charge in [0, 0.05) is 23.1 Å². The van der Waals surface area contributed by atoms with E-state index in [4.69, 9.17) is 9.73 Å². The van der Waals surface area contributed by atoms with Gasteiger partial charge in [-0.2, -0.15) is 0 Å². The van der Waals surface area contributed by atoms with Gasteiger partial charge in [-0.3, -0.25) is 19.3 Å². The minimum absolute atomic E-state index is 0.00857. The first kappa shape index (κ1) is 22.7. The topological polar surface area (TPSA) is 117 Å². The van der Waals surface area contributed by atoms with Gasteiger partial charge in [0.15, 0.2) is 11.5 Å². The molecule has 2 aromatic carbocycles. The molecule has 2 heterocycles. The zero-order valence-electron chi connectivity index (χ0n) is 18.4. The van der Waals surface area contributed by atoms with E-state index in [0.29, 0.717) is 36.5 Å². The number of aromatic hydroxyl groups is 2. The number of benzene rings is 2. The zero-order valence-corrected chi connectivity index (χ0v) is 19.2. The summed E-state index contributed by atoms with van der Waals surface area (Å²) in [5.41, 5.74) is 0.531. The first-order valence-corrected chi connectivity index (χ1v) is 11.6. The number of fused-ring (bicyclic) bond motifs is 1. The van der Waals surface area contributed by atoms with Crippen LogP contribution in [-0.2, 0) is 6.54 Å². The summed E-state index contributed by atoms with van der Waals surface area (Å²) >= 11 is 1.56. The number of hydrogen-bond acceptors (Lipinski definition) is 7. The summed E-state index contributed by atoms with van der Waals surface area (Å²) in [6.07, 6.45) is 1.81. The summed E-state index contributed by atoms with van der Waals surface area (Å²) in [5, 5.41) is 21.0. The lowest BCUT2D eigenvalue weighted by Gasteiger charge is -2.18. The van der Waals surface area contributed by atoms with Crippen LogP contribution in [0.4, 0.5) is 5.69 Å². The van der Waals surface area contributed by atoms with Gasteiger partial charge in [-0.1, -0.05) is 31.5 Å². The summed E-state index contributed by atoms with van der Waals surface area (Å²) in [6, 6.07) is 12.7. The van der Waals surface area contributed by atoms with Crippen LogP contribution in [0.3, 0.4) is 0 Å². The number of aromatic amines is 1. The van der Waals surface area contributed by atoms with Gasteiger partial charge >= 0.3 is 5.69 Å². The average Bonchev–Trinajstić information content (AvgIpc) is 2.98. The number of methoxy groups -OCH3 is 1. The molecular weight excluding hydrogens is 442 g/mol. The predicted molar refractivity (Wildman–Crippen MR) is 128 cm³/mol. The molecule has 0 spiro atoms. The summed E-state index contributed by atoms with van der Waals surface area (Å²) < 4.78 is 6.34. The van der Waals surface area contributed by atoms with Crippen molar-refractivity contribution in [1.82, 2.24) is 9.55 Å². The fourth-order valence-electron chi connectivity index (χ4n) is 3.81. The van der Waals surface area contributed by atoms with E-state index >= 15 is 0 Å². The van der Waals surface area contributed by atoms with Crippen LogP contribution in [-0.4, -0.2) is 32.6 Å². The Morgan fingerprint density at radius 1 is 1.21 bits per heavy atom. The Bertz CT molecular complexity index is 1330. The Kier molecular flexibility index (Phi) is 6.60. The quantitative estimate of drug-likeness (QED) is 0.502. The number of para-hydroxylation sites is 1. The van der Waals surface area contributed by atoms with Crippen molar-refractivity contribution in [2.45, 2.75) is 42.9 Å². The maximum absolute atomic E-state index is 12.8. The van der Waals surface area contributed by atoms with Crippen molar-refractivity contribution in [3.05, 3.63) is 74.4 Å². The number of rotatable bonds is 6. The molecule has 1 aromatic heterocycles. The number of aromatic nitrogens is 2. The van der Waals surface area contributed by atoms with E-state index in [-0.39, 0.29) is 22.4 Å². The predicted octanol–water partition coefficient (Wildman–Crippen LogP) is 4.11. The van der Waals surface area contributed by atoms with Crippen LogP contribution in [0.15, 0.2) is 61.9 Å². The first-order chi connectivity index (χ1) is 15.9. The van der Waals surface area contributed by atoms with Crippen LogP contribution in [0.2, 0.25) is 0 Å². The molecule has 1 aliphatic heterocycles. The summed E-state index contributed by atoms with van der Waals surface area (Å²) in [6.45, 7) is 2.27. The van der Waals surface area contributed by atoms with Crippen molar-refractivity contribution in [1.29, 1.82) is 0 Å². The van der Waals surface area contributed by atoms with Crippen molar-refractivity contribution in [2.75, 3.05) is 7.11 Å². The van der Waals surface area contributed by atoms with Crippen LogP contribution < -0.4 is 16.0 Å². The summed E-state index contributed by atoms with van der Waals surface area (Å²) in [7, 11) is 1.48. The van der Waals surface area contributed by atoms with E-state index in [1.165, 1.54) is 11.7 Å². The number of thioether (sulfide) groups is 1. The molecular formula is C24H25N3O5S. The van der Waals surface area contributed by atoms with Crippen molar-refractivity contribution in [3.8, 4) is 17.4 Å². The highest BCUT2D eigenvalue weighted by Crippen LogP contribution is 2.46. The van der Waals surface area contributed by atoms with E-state index in [1.54, 1.807) is 23.9 Å². The largest absolute Gasteiger partial charge is 0.504 e. The third kappa shape index (κ3) is 4.54. The van der Waals surface area contributed by atoms with Gasteiger partial charge in [-0.15, -0.1) is 11.8 Å². The fourth-order valence-corrected chi connectivity index (χ4v) is 5.03. The van der Waals surface area contributed by atoms with Crippen LogP contribution in [0.5, 0.6) is 17.4 Å². The fraction of sp³-hybridized carbons (Fsp3) is 0.292. The molecule has 0 bridgehead atoms. The second-order valence-electron chi connectivity index (χ2n) is 7.73. The lowest BCUT2D eigenvalue weighted by molar-refractivity contribution is 0.373. The smallest absolute Gasteiger partial charge is 0.331 e. The molecule has 1 atom stereocenters. The molecule has 172 valence electrons. The molecule has 0 saturated heterocycles. The van der Waals surface area contributed by atoms with Crippen LogP contribution in [0.25, 0.3) is 0 Å². The minimum Gasteiger partial charge on any atom is -0.504 e. The van der Waals surface area contributed by atoms with E-state index in [9.17, 15) is 19.8 Å². The zero-order chi connectivity index (χ0) is 23.5. The number of H-pyrrole nitrogens is 1. The van der Waals surface area contributed by atoms with Crippen LogP contribution in [0.1, 0.15) is 42.6 Å². The Labute approximate surface area is 194 Å². The van der Waals surface area contributed by atoms with Gasteiger partial charge in [0.1, 0.15) is 5.56 Å². The van der Waals surface area contributed by atoms with Crippen molar-refractivity contribution in [2.24, 2.45) is 4.99 Å². The molecule has 1 aliphatic rings. The average molecular weight is 468 g/mol. The number of nitrogens with zero attached hydrogens (tertiary/aromatic N) is 2.